The van der Waals surface area contributed by atoms with E-state index in [1.165, 1.54) is 24.0 Å². The van der Waals surface area contributed by atoms with Crippen molar-refractivity contribution in [1.82, 2.24) is 10.6 Å². The summed E-state index contributed by atoms with van der Waals surface area (Å²) in [6.45, 7) is 17.1. The Kier molecular flexibility index (Phi) is 7.66. The van der Waals surface area contributed by atoms with E-state index in [0.717, 1.165) is 48.2 Å². The molecule has 33 heavy (non-hydrogen) atoms. The zero-order valence-corrected chi connectivity index (χ0v) is 21.4. The van der Waals surface area contributed by atoms with Gasteiger partial charge in [-0.25, -0.2) is 4.99 Å². The molecule has 0 saturated heterocycles. The molecule has 0 radical (unpaired) electrons. The third-order valence-electron chi connectivity index (χ3n) is 7.10. The fourth-order valence-electron chi connectivity index (χ4n) is 4.94. The first-order valence-corrected chi connectivity index (χ1v) is 12.3. The minimum atomic E-state index is -0.0431. The number of hydrogen-bond acceptors (Lipinski definition) is 3. The number of aryl methyl sites for hydroxylation is 1. The van der Waals surface area contributed by atoms with Crippen LogP contribution in [0, 0.1) is 6.92 Å². The number of carbonyl (C=O) groups is 1. The van der Waals surface area contributed by atoms with E-state index in [4.69, 9.17) is 0 Å². The fourth-order valence-corrected chi connectivity index (χ4v) is 4.94. The third kappa shape index (κ3) is 5.85. The number of nitrogens with zero attached hydrogens (tertiary/aromatic N) is 1. The molecule has 1 aromatic carbocycles. The van der Waals surface area contributed by atoms with Gasteiger partial charge >= 0.3 is 0 Å². The van der Waals surface area contributed by atoms with E-state index < -0.39 is 0 Å². The van der Waals surface area contributed by atoms with E-state index in [2.05, 4.69) is 60.3 Å². The summed E-state index contributed by atoms with van der Waals surface area (Å²) in [5.41, 5.74) is 5.96. The highest BCUT2D eigenvalue weighted by molar-refractivity contribution is 6.00. The van der Waals surface area contributed by atoms with Gasteiger partial charge in [0.15, 0.2) is 0 Å². The van der Waals surface area contributed by atoms with E-state index in [1.54, 1.807) is 6.21 Å². The van der Waals surface area contributed by atoms with Gasteiger partial charge < -0.3 is 10.6 Å². The predicted molar refractivity (Wildman–Crippen MR) is 139 cm³/mol. The summed E-state index contributed by atoms with van der Waals surface area (Å²) in [6, 6.07) is 8.78. The number of rotatable bonds is 9. The average Bonchev–Trinajstić information content (AvgIpc) is 3.28. The van der Waals surface area contributed by atoms with Gasteiger partial charge in [-0.1, -0.05) is 54.8 Å². The lowest BCUT2D eigenvalue weighted by molar-refractivity contribution is -0.117. The Labute approximate surface area is 200 Å². The molecule has 178 valence electrons. The van der Waals surface area contributed by atoms with Crippen LogP contribution >= 0.6 is 0 Å². The highest BCUT2D eigenvalue weighted by Gasteiger charge is 2.39. The molecule has 4 nitrogen and oxygen atoms in total. The van der Waals surface area contributed by atoms with Crippen molar-refractivity contribution in [3.8, 4) is 0 Å². The second kappa shape index (κ2) is 10.1. The number of allylic oxidation sites excluding steroid dienone is 2. The first-order valence-electron chi connectivity index (χ1n) is 12.3. The molecule has 2 aliphatic rings. The lowest BCUT2D eigenvalue weighted by Gasteiger charge is -2.31. The lowest BCUT2D eigenvalue weighted by Crippen LogP contribution is -2.40. The molecule has 2 aliphatic carbocycles. The van der Waals surface area contributed by atoms with Crippen LogP contribution in [0.2, 0.25) is 0 Å². The third-order valence-corrected chi connectivity index (χ3v) is 7.10. The van der Waals surface area contributed by atoms with Gasteiger partial charge in [-0.05, 0) is 78.4 Å². The monoisotopic (exact) mass is 447 g/mol. The lowest BCUT2D eigenvalue weighted by atomic mass is 9.78. The molecule has 3 rings (SSSR count). The number of aliphatic imine (C=N–C) groups is 1. The largest absolute Gasteiger partial charge is 0.364 e. The Morgan fingerprint density at radius 2 is 1.79 bits per heavy atom. The second-order valence-electron chi connectivity index (χ2n) is 10.5. The SMILES string of the molecule is C=C(C)/C(C(C(=O)NCC1(c2cccc(C)c2)CCCC1)=C(C)C)=C(\N=C/C)NC1(C)CC1. The summed E-state index contributed by atoms with van der Waals surface area (Å²) in [4.78, 5) is 18.3. The van der Waals surface area contributed by atoms with Crippen LogP contribution in [0.5, 0.6) is 0 Å². The van der Waals surface area contributed by atoms with Crippen LogP contribution < -0.4 is 10.6 Å². The molecule has 1 amide bonds. The fraction of sp³-hybridized carbons (Fsp3) is 0.517. The molecule has 2 fully saturated rings. The van der Waals surface area contributed by atoms with Gasteiger partial charge in [-0.15, -0.1) is 0 Å². The number of benzene rings is 1. The zero-order valence-electron chi connectivity index (χ0n) is 21.4. The van der Waals surface area contributed by atoms with Crippen LogP contribution in [0.1, 0.15) is 84.3 Å². The summed E-state index contributed by atoms with van der Waals surface area (Å²) >= 11 is 0. The van der Waals surface area contributed by atoms with E-state index in [-0.39, 0.29) is 16.9 Å². The Hall–Kier alpha value is -2.62. The first kappa shape index (κ1) is 25.0. The van der Waals surface area contributed by atoms with Crippen molar-refractivity contribution in [3.63, 3.8) is 0 Å². The summed E-state index contributed by atoms with van der Waals surface area (Å²) in [7, 11) is 0. The Morgan fingerprint density at radius 1 is 1.12 bits per heavy atom. The number of hydrogen-bond donors (Lipinski definition) is 2. The molecule has 0 unspecified atom stereocenters. The zero-order chi connectivity index (χ0) is 24.2. The summed E-state index contributed by atoms with van der Waals surface area (Å²) < 4.78 is 0. The molecule has 0 bridgehead atoms. The molecule has 0 spiro atoms. The summed E-state index contributed by atoms with van der Waals surface area (Å²) in [5, 5.41) is 6.91. The van der Waals surface area contributed by atoms with Crippen LogP contribution in [-0.4, -0.2) is 24.2 Å². The number of nitrogens with one attached hydrogen (secondary N) is 2. The molecule has 0 atom stereocenters. The maximum absolute atomic E-state index is 13.7. The van der Waals surface area contributed by atoms with Crippen LogP contribution in [0.15, 0.2) is 64.0 Å². The molecular weight excluding hydrogens is 406 g/mol. The quantitative estimate of drug-likeness (QED) is 0.266. The van der Waals surface area contributed by atoms with Gasteiger partial charge in [0.2, 0.25) is 0 Å². The van der Waals surface area contributed by atoms with Crippen molar-refractivity contribution in [2.24, 2.45) is 4.99 Å². The molecule has 0 aliphatic heterocycles. The van der Waals surface area contributed by atoms with Crippen molar-refractivity contribution in [3.05, 3.63) is 70.1 Å². The van der Waals surface area contributed by atoms with Gasteiger partial charge in [0.25, 0.3) is 5.91 Å². The van der Waals surface area contributed by atoms with Crippen molar-refractivity contribution >= 4 is 12.1 Å². The predicted octanol–water partition coefficient (Wildman–Crippen LogP) is 6.28. The second-order valence-corrected chi connectivity index (χ2v) is 10.5. The molecule has 4 heteroatoms. The normalized spacial score (nSPS) is 19.1. The van der Waals surface area contributed by atoms with Crippen LogP contribution in [0.3, 0.4) is 0 Å². The van der Waals surface area contributed by atoms with Gasteiger partial charge in [-0.2, -0.15) is 0 Å². The molecule has 1 aromatic rings. The van der Waals surface area contributed by atoms with Gasteiger partial charge in [0, 0.05) is 34.9 Å². The van der Waals surface area contributed by atoms with Crippen molar-refractivity contribution in [2.75, 3.05) is 6.54 Å². The highest BCUT2D eigenvalue weighted by Crippen LogP contribution is 2.41. The van der Waals surface area contributed by atoms with E-state index in [0.29, 0.717) is 12.1 Å². The molecule has 0 aromatic heterocycles. The van der Waals surface area contributed by atoms with Gasteiger partial charge in [-0.3, -0.25) is 4.79 Å². The standard InChI is InChI=1S/C29H41N3O/c1-8-30-26(32-28(7)16-17-28)24(20(2)3)25(21(4)5)27(33)31-19-29(14-9-10-15-29)23-13-11-12-22(6)18-23/h8,11-13,18,32H,2,9-10,14-17,19H2,1,3-7H3,(H,31,33)/b26-24-,30-8-. The van der Waals surface area contributed by atoms with Crippen LogP contribution in [-0.2, 0) is 10.2 Å². The molecule has 2 N–H and O–H groups in total. The minimum Gasteiger partial charge on any atom is -0.364 e. The topological polar surface area (TPSA) is 53.5 Å². The van der Waals surface area contributed by atoms with Crippen molar-refractivity contribution in [2.45, 2.75) is 91.0 Å². The van der Waals surface area contributed by atoms with Crippen LogP contribution in [0.4, 0.5) is 0 Å². The molecular formula is C29H41N3O. The first-order chi connectivity index (χ1) is 15.6. The summed E-state index contributed by atoms with van der Waals surface area (Å²) in [5.74, 6) is 0.698. The Morgan fingerprint density at radius 3 is 2.30 bits per heavy atom. The smallest absolute Gasteiger partial charge is 0.252 e. The van der Waals surface area contributed by atoms with E-state index in [1.807, 2.05) is 27.7 Å². The molecule has 0 heterocycles. The Bertz CT molecular complexity index is 997. The number of carbonyl (C=O) groups excluding carboxylic acids is 1. The van der Waals surface area contributed by atoms with Gasteiger partial charge in [0.1, 0.15) is 5.82 Å². The van der Waals surface area contributed by atoms with Crippen LogP contribution in [0.25, 0.3) is 0 Å². The minimum absolute atomic E-state index is 0.00563. The van der Waals surface area contributed by atoms with E-state index in [9.17, 15) is 4.79 Å². The van der Waals surface area contributed by atoms with E-state index >= 15 is 0 Å². The maximum Gasteiger partial charge on any atom is 0.252 e. The average molecular weight is 448 g/mol. The summed E-state index contributed by atoms with van der Waals surface area (Å²) in [6.07, 6.45) is 8.61. The number of amides is 1. The molecule has 2 saturated carbocycles. The maximum atomic E-state index is 13.7. The van der Waals surface area contributed by atoms with Crippen molar-refractivity contribution < 1.29 is 4.79 Å². The Balaban J connectivity index is 1.92. The van der Waals surface area contributed by atoms with Crippen molar-refractivity contribution in [1.29, 1.82) is 0 Å². The highest BCUT2D eigenvalue weighted by atomic mass is 16.1. The van der Waals surface area contributed by atoms with Gasteiger partial charge in [0.05, 0.1) is 0 Å².